The molecule has 198 valence electrons. The molecule has 1 saturated heterocycles. The molecule has 1 atom stereocenters. The van der Waals surface area contributed by atoms with Gasteiger partial charge in [-0.2, -0.15) is 13.2 Å². The van der Waals surface area contributed by atoms with E-state index in [0.29, 0.717) is 17.5 Å². The molecule has 4 amide bonds. The van der Waals surface area contributed by atoms with Crippen LogP contribution < -0.4 is 20.9 Å². The number of nitrogens with zero attached hydrogens (tertiary/aromatic N) is 1. The Labute approximate surface area is 215 Å². The molecule has 3 N–H and O–H groups in total. The van der Waals surface area contributed by atoms with Crippen LogP contribution in [0, 0.1) is 5.82 Å². The van der Waals surface area contributed by atoms with E-state index in [1.165, 1.54) is 24.1 Å². The number of alkyl halides is 3. The third-order valence-electron chi connectivity index (χ3n) is 6.15. The highest BCUT2D eigenvalue weighted by atomic mass is 19.4. The van der Waals surface area contributed by atoms with Gasteiger partial charge in [0.2, 0.25) is 5.91 Å². The summed E-state index contributed by atoms with van der Waals surface area (Å²) in [5.74, 6) is -1.74. The Hall–Kier alpha value is -4.41. The summed E-state index contributed by atoms with van der Waals surface area (Å²) in [6.07, 6.45) is -3.79. The van der Waals surface area contributed by atoms with Crippen LogP contribution in [0.15, 0.2) is 66.7 Å². The number of hydrogen-bond acceptors (Lipinski definition) is 3. The molecular weight excluding hydrogens is 504 g/mol. The van der Waals surface area contributed by atoms with Gasteiger partial charge in [0.25, 0.3) is 5.91 Å². The molecule has 4 rings (SSSR count). The van der Waals surface area contributed by atoms with E-state index in [9.17, 15) is 27.6 Å². The molecule has 1 fully saturated rings. The number of anilines is 2. The van der Waals surface area contributed by atoms with Crippen molar-refractivity contribution in [1.82, 2.24) is 10.6 Å². The molecule has 0 saturated carbocycles. The maximum atomic E-state index is 15.3. The second-order valence-corrected chi connectivity index (χ2v) is 8.65. The van der Waals surface area contributed by atoms with Crippen LogP contribution in [-0.4, -0.2) is 37.5 Å². The highest BCUT2D eigenvalue weighted by molar-refractivity contribution is 6.05. The number of nitrogens with one attached hydrogen (secondary N) is 3. The van der Waals surface area contributed by atoms with Crippen molar-refractivity contribution in [3.05, 3.63) is 83.7 Å². The molecule has 1 unspecified atom stereocenters. The lowest BCUT2D eigenvalue weighted by molar-refractivity contribution is -0.137. The van der Waals surface area contributed by atoms with E-state index in [1.807, 2.05) is 0 Å². The lowest BCUT2D eigenvalue weighted by atomic mass is 9.96. The summed E-state index contributed by atoms with van der Waals surface area (Å²) >= 11 is 0. The number of carbonyl (C=O) groups excluding carboxylic acids is 3. The molecule has 11 heteroatoms. The Balaban J connectivity index is 1.53. The minimum atomic E-state index is -4.51. The maximum absolute atomic E-state index is 15.3. The van der Waals surface area contributed by atoms with Crippen molar-refractivity contribution in [3.63, 3.8) is 0 Å². The zero-order valence-electron chi connectivity index (χ0n) is 20.2. The van der Waals surface area contributed by atoms with Crippen molar-refractivity contribution in [2.45, 2.75) is 25.1 Å². The fourth-order valence-electron chi connectivity index (χ4n) is 4.26. The van der Waals surface area contributed by atoms with Gasteiger partial charge in [-0.3, -0.25) is 9.59 Å². The number of halogens is 4. The molecular formula is C27H24F4N4O3. The molecule has 0 radical (unpaired) electrons. The van der Waals surface area contributed by atoms with Crippen molar-refractivity contribution >= 4 is 29.2 Å². The monoisotopic (exact) mass is 528 g/mol. The van der Waals surface area contributed by atoms with E-state index in [2.05, 4.69) is 16.0 Å². The number of amides is 4. The second-order valence-electron chi connectivity index (χ2n) is 8.65. The van der Waals surface area contributed by atoms with Gasteiger partial charge in [0.05, 0.1) is 11.3 Å². The second kappa shape index (κ2) is 10.9. The molecule has 1 aliphatic heterocycles. The predicted molar refractivity (Wildman–Crippen MR) is 134 cm³/mol. The molecule has 3 aromatic rings. The summed E-state index contributed by atoms with van der Waals surface area (Å²) in [5, 5.41) is 7.43. The summed E-state index contributed by atoms with van der Waals surface area (Å²) < 4.78 is 53.6. The van der Waals surface area contributed by atoms with Gasteiger partial charge in [0.1, 0.15) is 11.9 Å². The number of carbonyl (C=O) groups is 3. The van der Waals surface area contributed by atoms with Crippen molar-refractivity contribution in [2.75, 3.05) is 23.8 Å². The first-order valence-electron chi connectivity index (χ1n) is 11.8. The van der Waals surface area contributed by atoms with Crippen molar-refractivity contribution in [1.29, 1.82) is 0 Å². The fraction of sp³-hybridized carbons (Fsp3) is 0.222. The number of benzene rings is 3. The molecule has 0 aromatic heterocycles. The standard InChI is InChI=1S/C27H24F4N4O3/c1-32-24(36)20-15-23(21(28)14-19(20)16-6-3-2-4-7-16)35-13-5-8-22(25(35)37)34-26(38)33-18-11-9-17(10-12-18)27(29,30)31/h2-4,6-7,9-12,14-15,22H,5,8,13H2,1H3,(H,32,36)(H2,33,34,38). The van der Waals surface area contributed by atoms with Gasteiger partial charge in [-0.25, -0.2) is 9.18 Å². The van der Waals surface area contributed by atoms with Gasteiger partial charge in [0.15, 0.2) is 0 Å². The quantitative estimate of drug-likeness (QED) is 0.398. The first-order valence-corrected chi connectivity index (χ1v) is 11.8. The van der Waals surface area contributed by atoms with Crippen LogP contribution in [0.1, 0.15) is 28.8 Å². The van der Waals surface area contributed by atoms with Crippen LogP contribution in [0.4, 0.5) is 33.7 Å². The van der Waals surface area contributed by atoms with E-state index in [0.717, 1.165) is 24.3 Å². The maximum Gasteiger partial charge on any atom is 0.416 e. The largest absolute Gasteiger partial charge is 0.416 e. The summed E-state index contributed by atoms with van der Waals surface area (Å²) in [7, 11) is 1.45. The van der Waals surface area contributed by atoms with Gasteiger partial charge in [-0.05, 0) is 60.4 Å². The average molecular weight is 529 g/mol. The van der Waals surface area contributed by atoms with E-state index in [4.69, 9.17) is 0 Å². The Morgan fingerprint density at radius 3 is 2.32 bits per heavy atom. The Morgan fingerprint density at radius 2 is 1.68 bits per heavy atom. The summed E-state index contributed by atoms with van der Waals surface area (Å²) in [4.78, 5) is 39.5. The molecule has 38 heavy (non-hydrogen) atoms. The molecule has 7 nitrogen and oxygen atoms in total. The summed E-state index contributed by atoms with van der Waals surface area (Å²) in [6.45, 7) is 0.173. The first kappa shape index (κ1) is 26.6. The lowest BCUT2D eigenvalue weighted by Crippen LogP contribution is -2.53. The van der Waals surface area contributed by atoms with Gasteiger partial charge in [0, 0.05) is 24.8 Å². The van der Waals surface area contributed by atoms with E-state index in [-0.39, 0.29) is 29.9 Å². The fourth-order valence-corrected chi connectivity index (χ4v) is 4.26. The van der Waals surface area contributed by atoms with Gasteiger partial charge < -0.3 is 20.9 Å². The van der Waals surface area contributed by atoms with Crippen molar-refractivity contribution in [2.24, 2.45) is 0 Å². The van der Waals surface area contributed by atoms with Crippen molar-refractivity contribution < 1.29 is 31.9 Å². The molecule has 0 bridgehead atoms. The Kier molecular flexibility index (Phi) is 7.65. The smallest absolute Gasteiger partial charge is 0.355 e. The zero-order chi connectivity index (χ0) is 27.4. The van der Waals surface area contributed by atoms with Gasteiger partial charge >= 0.3 is 12.2 Å². The van der Waals surface area contributed by atoms with Gasteiger partial charge in [-0.1, -0.05) is 30.3 Å². The van der Waals surface area contributed by atoms with Crippen LogP contribution in [0.25, 0.3) is 11.1 Å². The third-order valence-corrected chi connectivity index (χ3v) is 6.15. The molecule has 3 aromatic carbocycles. The minimum absolute atomic E-state index is 0.0945. The van der Waals surface area contributed by atoms with Crippen LogP contribution in [0.2, 0.25) is 0 Å². The Morgan fingerprint density at radius 1 is 1.00 bits per heavy atom. The first-order chi connectivity index (χ1) is 18.1. The minimum Gasteiger partial charge on any atom is -0.355 e. The molecule has 1 heterocycles. The van der Waals surface area contributed by atoms with Crippen LogP contribution >= 0.6 is 0 Å². The lowest BCUT2D eigenvalue weighted by Gasteiger charge is -2.33. The Bertz CT molecular complexity index is 1340. The summed E-state index contributed by atoms with van der Waals surface area (Å²) in [5.41, 5.74) is 0.314. The highest BCUT2D eigenvalue weighted by Crippen LogP contribution is 2.33. The zero-order valence-corrected chi connectivity index (χ0v) is 20.2. The number of rotatable bonds is 5. The third kappa shape index (κ3) is 5.77. The number of piperidine rings is 1. The van der Waals surface area contributed by atoms with Crippen LogP contribution in [0.5, 0.6) is 0 Å². The number of urea groups is 1. The van der Waals surface area contributed by atoms with Gasteiger partial charge in [-0.15, -0.1) is 0 Å². The van der Waals surface area contributed by atoms with E-state index in [1.54, 1.807) is 30.3 Å². The summed E-state index contributed by atoms with van der Waals surface area (Å²) in [6, 6.07) is 13.4. The molecule has 0 aliphatic carbocycles. The van der Waals surface area contributed by atoms with E-state index < -0.39 is 41.4 Å². The number of hydrogen-bond donors (Lipinski definition) is 3. The topological polar surface area (TPSA) is 90.5 Å². The molecule has 1 aliphatic rings. The molecule has 0 spiro atoms. The predicted octanol–water partition coefficient (Wildman–Crippen LogP) is 5.19. The van der Waals surface area contributed by atoms with Crippen molar-refractivity contribution in [3.8, 4) is 11.1 Å². The highest BCUT2D eigenvalue weighted by Gasteiger charge is 2.33. The van der Waals surface area contributed by atoms with Crippen LogP contribution in [-0.2, 0) is 11.0 Å². The van der Waals surface area contributed by atoms with E-state index >= 15 is 4.39 Å². The SMILES string of the molecule is CNC(=O)c1cc(N2CCCC(NC(=O)Nc3ccc(C(F)(F)F)cc3)C2=O)c(F)cc1-c1ccccc1. The van der Waals surface area contributed by atoms with Crippen LogP contribution in [0.3, 0.4) is 0 Å². The normalized spacial score (nSPS) is 15.7. The average Bonchev–Trinajstić information content (AvgIpc) is 2.90.